The van der Waals surface area contributed by atoms with E-state index in [0.29, 0.717) is 0 Å². The monoisotopic (exact) mass is 331 g/mol. The maximum Gasteiger partial charge on any atom is 3.00 e. The van der Waals surface area contributed by atoms with Gasteiger partial charge in [0.15, 0.2) is 0 Å². The van der Waals surface area contributed by atoms with Crippen LogP contribution < -0.4 is 0 Å². The van der Waals surface area contributed by atoms with Crippen LogP contribution in [0.15, 0.2) is 24.3 Å². The molecule has 11 heavy (non-hydrogen) atoms. The molecule has 1 rings (SSSR count). The summed E-state index contributed by atoms with van der Waals surface area (Å²) >= 11 is 0. The van der Waals surface area contributed by atoms with Gasteiger partial charge in [0.2, 0.25) is 0 Å². The van der Waals surface area contributed by atoms with Gasteiger partial charge < -0.3 is 14.9 Å². The van der Waals surface area contributed by atoms with E-state index in [-0.39, 0.29) is 35.0 Å². The Labute approximate surface area is 85.1 Å². The summed E-state index contributed by atoms with van der Waals surface area (Å²) in [5, 5.41) is 0. The van der Waals surface area contributed by atoms with E-state index in [9.17, 15) is 0 Å². The standard InChI is InChI=1S/C8H12.2CH3.Ir/c1-2-4-6-8-7-5-3-1;;;/h1-4H,5-8H2;2*1H3;/q;2*-1;+3/b3-1-,4-2-;;;. The van der Waals surface area contributed by atoms with Gasteiger partial charge in [0.25, 0.3) is 0 Å². The number of rotatable bonds is 0. The third kappa shape index (κ3) is 10.1. The SMILES string of the molecule is C1=C\CCCC\C=C/1.[CH3-].[CH3-].[Ir+3]. The average molecular weight is 330 g/mol. The normalized spacial score (nSPS) is 20.4. The van der Waals surface area contributed by atoms with Gasteiger partial charge in [-0.3, -0.25) is 0 Å². The predicted octanol–water partition coefficient (Wildman–Crippen LogP) is 3.57. The van der Waals surface area contributed by atoms with E-state index in [2.05, 4.69) is 24.3 Å². The van der Waals surface area contributed by atoms with Crippen molar-refractivity contribution in [3.8, 4) is 0 Å². The summed E-state index contributed by atoms with van der Waals surface area (Å²) in [7, 11) is 0. The first kappa shape index (κ1) is 17.3. The Bertz CT molecular complexity index is 89.4. The molecule has 0 heterocycles. The second-order valence-corrected chi connectivity index (χ2v) is 2.14. The van der Waals surface area contributed by atoms with Crippen LogP contribution in [0.3, 0.4) is 0 Å². The Morgan fingerprint density at radius 1 is 0.727 bits per heavy atom. The molecule has 0 saturated heterocycles. The van der Waals surface area contributed by atoms with Crippen molar-refractivity contribution in [1.29, 1.82) is 0 Å². The molecule has 0 aliphatic heterocycles. The smallest absolute Gasteiger partial charge is 0.358 e. The first-order chi connectivity index (χ1) is 4.00. The van der Waals surface area contributed by atoms with E-state index in [4.69, 9.17) is 0 Å². The molecule has 1 heteroatoms. The largest absolute Gasteiger partial charge is 3.00 e. The Balaban J connectivity index is -0.000000213. The van der Waals surface area contributed by atoms with Crippen molar-refractivity contribution >= 4 is 0 Å². The second kappa shape index (κ2) is 12.8. The van der Waals surface area contributed by atoms with Crippen molar-refractivity contribution in [2.24, 2.45) is 0 Å². The van der Waals surface area contributed by atoms with Crippen LogP contribution in [0.5, 0.6) is 0 Å². The number of hydrogen-bond donors (Lipinski definition) is 0. The van der Waals surface area contributed by atoms with Gasteiger partial charge in [0.1, 0.15) is 0 Å². The first-order valence-corrected chi connectivity index (χ1v) is 3.32. The molecule has 0 aromatic rings. The number of allylic oxidation sites excluding steroid dienone is 4. The molecule has 0 atom stereocenters. The van der Waals surface area contributed by atoms with Crippen molar-refractivity contribution in [1.82, 2.24) is 0 Å². The molecule has 0 N–H and O–H groups in total. The zero-order valence-electron chi connectivity index (χ0n) is 7.47. The van der Waals surface area contributed by atoms with Crippen LogP contribution in [0.4, 0.5) is 0 Å². The second-order valence-electron chi connectivity index (χ2n) is 2.14. The summed E-state index contributed by atoms with van der Waals surface area (Å²) in [4.78, 5) is 0. The third-order valence-corrected chi connectivity index (χ3v) is 1.37. The van der Waals surface area contributed by atoms with E-state index >= 15 is 0 Å². The maximum absolute atomic E-state index is 2.23. The van der Waals surface area contributed by atoms with Gasteiger partial charge in [-0.05, 0) is 25.7 Å². The van der Waals surface area contributed by atoms with Crippen molar-refractivity contribution < 1.29 is 20.1 Å². The van der Waals surface area contributed by atoms with Crippen LogP contribution in [0, 0.1) is 14.9 Å². The fourth-order valence-corrected chi connectivity index (χ4v) is 0.874. The summed E-state index contributed by atoms with van der Waals surface area (Å²) in [6.07, 6.45) is 14.0. The predicted molar refractivity (Wildman–Crippen MR) is 49.6 cm³/mol. The molecule has 0 saturated carbocycles. The van der Waals surface area contributed by atoms with E-state index in [1.807, 2.05) is 0 Å². The Kier molecular flexibility index (Phi) is 20.1. The molecule has 0 aromatic heterocycles. The summed E-state index contributed by atoms with van der Waals surface area (Å²) in [6, 6.07) is 0. The fraction of sp³-hybridized carbons (Fsp3) is 0.400. The van der Waals surface area contributed by atoms with Crippen LogP contribution in [0.25, 0.3) is 0 Å². The van der Waals surface area contributed by atoms with E-state index in [0.717, 1.165) is 0 Å². The molecular formula is C10H18Ir+. The van der Waals surface area contributed by atoms with Crippen molar-refractivity contribution in [2.75, 3.05) is 0 Å². The fourth-order valence-electron chi connectivity index (χ4n) is 0.874. The minimum absolute atomic E-state index is 0. The van der Waals surface area contributed by atoms with Crippen molar-refractivity contribution in [3.63, 3.8) is 0 Å². The van der Waals surface area contributed by atoms with Gasteiger partial charge in [0.05, 0.1) is 0 Å². The topological polar surface area (TPSA) is 0 Å². The van der Waals surface area contributed by atoms with Crippen LogP contribution in [-0.4, -0.2) is 0 Å². The van der Waals surface area contributed by atoms with Gasteiger partial charge in [-0.25, -0.2) is 0 Å². The van der Waals surface area contributed by atoms with Crippen LogP contribution in [0.1, 0.15) is 25.7 Å². The molecular weight excluding hydrogens is 312 g/mol. The molecule has 0 fully saturated rings. The molecule has 1 aliphatic carbocycles. The summed E-state index contributed by atoms with van der Waals surface area (Å²) in [5.41, 5.74) is 0. The van der Waals surface area contributed by atoms with Crippen LogP contribution in [0.2, 0.25) is 0 Å². The Morgan fingerprint density at radius 2 is 1.09 bits per heavy atom. The van der Waals surface area contributed by atoms with Crippen molar-refractivity contribution in [2.45, 2.75) is 25.7 Å². The zero-order valence-corrected chi connectivity index (χ0v) is 9.87. The molecule has 0 unspecified atom stereocenters. The van der Waals surface area contributed by atoms with Crippen molar-refractivity contribution in [3.05, 3.63) is 39.2 Å². The molecule has 0 amide bonds. The Hall–Kier alpha value is 0.129. The number of hydrogen-bond acceptors (Lipinski definition) is 0. The van der Waals surface area contributed by atoms with E-state index < -0.39 is 0 Å². The third-order valence-electron chi connectivity index (χ3n) is 1.37. The summed E-state index contributed by atoms with van der Waals surface area (Å²) < 4.78 is 0. The zero-order chi connectivity index (χ0) is 5.66. The van der Waals surface area contributed by atoms with Gasteiger partial charge in [0, 0.05) is 0 Å². The van der Waals surface area contributed by atoms with Gasteiger partial charge in [-0.2, -0.15) is 0 Å². The molecule has 0 aromatic carbocycles. The quantitative estimate of drug-likeness (QED) is 0.596. The van der Waals surface area contributed by atoms with Crippen LogP contribution >= 0.6 is 0 Å². The van der Waals surface area contributed by atoms with E-state index in [1.165, 1.54) is 25.7 Å². The van der Waals surface area contributed by atoms with Gasteiger partial charge in [-0.1, -0.05) is 24.3 Å². The minimum Gasteiger partial charge on any atom is -0.358 e. The first-order valence-electron chi connectivity index (χ1n) is 3.32. The molecule has 0 nitrogen and oxygen atoms in total. The summed E-state index contributed by atoms with van der Waals surface area (Å²) in [5.74, 6) is 0. The minimum atomic E-state index is 0. The van der Waals surface area contributed by atoms with Crippen LogP contribution in [-0.2, 0) is 20.1 Å². The maximum atomic E-state index is 2.23. The molecule has 0 spiro atoms. The molecule has 66 valence electrons. The summed E-state index contributed by atoms with van der Waals surface area (Å²) in [6.45, 7) is 0. The molecule has 0 radical (unpaired) electrons. The Morgan fingerprint density at radius 3 is 1.45 bits per heavy atom. The average Bonchev–Trinajstić information content (AvgIpc) is 1.62. The molecule has 1 aliphatic rings. The van der Waals surface area contributed by atoms with Gasteiger partial charge >= 0.3 is 20.1 Å². The van der Waals surface area contributed by atoms with Gasteiger partial charge in [-0.15, -0.1) is 0 Å². The molecule has 0 bridgehead atoms. The van der Waals surface area contributed by atoms with E-state index in [1.54, 1.807) is 0 Å².